The number of nitrogens with zero attached hydrogens (tertiary/aromatic N) is 4. The maximum Gasteiger partial charge on any atom is 0.271 e. The number of benzene rings is 2. The van der Waals surface area contributed by atoms with Crippen LogP contribution in [0.25, 0.3) is 22.3 Å². The average molecular weight is 401 g/mol. The highest BCUT2D eigenvalue weighted by Gasteiger charge is 2.09. The fourth-order valence-corrected chi connectivity index (χ4v) is 2.96. The molecule has 8 nitrogen and oxygen atoms in total. The number of methoxy groups -OCH3 is 1. The van der Waals surface area contributed by atoms with Gasteiger partial charge in [-0.3, -0.25) is 14.6 Å². The van der Waals surface area contributed by atoms with Crippen LogP contribution in [0.2, 0.25) is 0 Å². The Morgan fingerprint density at radius 2 is 1.80 bits per heavy atom. The van der Waals surface area contributed by atoms with Crippen molar-refractivity contribution in [1.29, 1.82) is 0 Å². The van der Waals surface area contributed by atoms with E-state index in [1.165, 1.54) is 16.9 Å². The van der Waals surface area contributed by atoms with Gasteiger partial charge in [0.1, 0.15) is 11.4 Å². The minimum atomic E-state index is -0.354. The second-order valence-electron chi connectivity index (χ2n) is 6.51. The molecule has 4 aromatic rings. The lowest BCUT2D eigenvalue weighted by Gasteiger charge is -2.09. The Bertz CT molecular complexity index is 1250. The van der Waals surface area contributed by atoms with Crippen molar-refractivity contribution in [1.82, 2.24) is 25.1 Å². The van der Waals surface area contributed by atoms with Crippen LogP contribution in [-0.2, 0) is 6.54 Å². The van der Waals surface area contributed by atoms with Crippen LogP contribution >= 0.6 is 0 Å². The van der Waals surface area contributed by atoms with Crippen LogP contribution in [-0.4, -0.2) is 39.3 Å². The number of fused-ring (bicyclic) bond motifs is 1. The van der Waals surface area contributed by atoms with Crippen LogP contribution in [0.4, 0.5) is 0 Å². The Balaban J connectivity index is 1.43. The number of ether oxygens (including phenoxy) is 1. The highest BCUT2D eigenvalue weighted by Crippen LogP contribution is 2.19. The summed E-state index contributed by atoms with van der Waals surface area (Å²) in [5, 5.41) is 7.15. The molecular weight excluding hydrogens is 382 g/mol. The molecule has 2 heterocycles. The molecule has 0 saturated heterocycles. The van der Waals surface area contributed by atoms with E-state index in [9.17, 15) is 9.59 Å². The number of carbonyl (C=O) groups is 1. The summed E-state index contributed by atoms with van der Waals surface area (Å²) in [6, 6.07) is 17.9. The van der Waals surface area contributed by atoms with E-state index in [2.05, 4.69) is 20.4 Å². The molecule has 4 rings (SSSR count). The Labute approximate surface area is 172 Å². The second-order valence-corrected chi connectivity index (χ2v) is 6.51. The smallest absolute Gasteiger partial charge is 0.271 e. The number of hydrogen-bond donors (Lipinski definition) is 1. The van der Waals surface area contributed by atoms with Crippen molar-refractivity contribution in [3.8, 4) is 17.0 Å². The normalized spacial score (nSPS) is 10.7. The van der Waals surface area contributed by atoms with Gasteiger partial charge >= 0.3 is 0 Å². The van der Waals surface area contributed by atoms with Crippen LogP contribution in [0, 0.1) is 0 Å². The molecule has 1 amide bonds. The highest BCUT2D eigenvalue weighted by molar-refractivity contribution is 5.93. The van der Waals surface area contributed by atoms with E-state index in [1.807, 2.05) is 42.5 Å². The number of aromatic nitrogens is 4. The number of hydrogen-bond acceptors (Lipinski definition) is 6. The summed E-state index contributed by atoms with van der Waals surface area (Å²) in [5.74, 6) is 0.388. The molecule has 2 aromatic heterocycles. The van der Waals surface area contributed by atoms with E-state index in [4.69, 9.17) is 4.74 Å². The van der Waals surface area contributed by atoms with Gasteiger partial charge in [-0.2, -0.15) is 5.10 Å². The molecular formula is C22H19N5O3. The summed E-state index contributed by atoms with van der Waals surface area (Å²) in [6.45, 7) is 0.460. The minimum absolute atomic E-state index is 0.223. The lowest BCUT2D eigenvalue weighted by atomic mass is 10.1. The molecule has 0 spiro atoms. The first-order valence-corrected chi connectivity index (χ1v) is 9.36. The lowest BCUT2D eigenvalue weighted by Crippen LogP contribution is -2.32. The van der Waals surface area contributed by atoms with Gasteiger partial charge in [-0.25, -0.2) is 9.67 Å². The molecule has 0 aliphatic carbocycles. The van der Waals surface area contributed by atoms with E-state index >= 15 is 0 Å². The quantitative estimate of drug-likeness (QED) is 0.532. The Morgan fingerprint density at radius 1 is 1.03 bits per heavy atom. The molecule has 0 bridgehead atoms. The summed E-state index contributed by atoms with van der Waals surface area (Å²) < 4.78 is 6.48. The van der Waals surface area contributed by atoms with E-state index in [-0.39, 0.29) is 30.2 Å². The van der Waals surface area contributed by atoms with Crippen LogP contribution in [0.15, 0.2) is 71.7 Å². The van der Waals surface area contributed by atoms with Gasteiger partial charge in [0, 0.05) is 18.2 Å². The summed E-state index contributed by atoms with van der Waals surface area (Å²) in [7, 11) is 1.60. The third-order valence-corrected chi connectivity index (χ3v) is 4.54. The maximum absolute atomic E-state index is 12.4. The fraction of sp³-hybridized carbons (Fsp3) is 0.136. The van der Waals surface area contributed by atoms with Crippen LogP contribution in [0.5, 0.6) is 5.75 Å². The Hall–Kier alpha value is -4.07. The van der Waals surface area contributed by atoms with Crippen molar-refractivity contribution in [3.05, 3.63) is 82.9 Å². The molecule has 30 heavy (non-hydrogen) atoms. The lowest BCUT2D eigenvalue weighted by molar-refractivity contribution is 0.0946. The largest absolute Gasteiger partial charge is 0.497 e. The first kappa shape index (κ1) is 19.3. The van der Waals surface area contributed by atoms with Crippen LogP contribution in [0.1, 0.15) is 10.5 Å². The molecule has 0 unspecified atom stereocenters. The molecule has 1 N–H and O–H groups in total. The van der Waals surface area contributed by atoms with Gasteiger partial charge in [-0.15, -0.1) is 0 Å². The molecule has 0 aliphatic rings. The number of nitrogens with one attached hydrogen (secondary N) is 1. The van der Waals surface area contributed by atoms with E-state index in [0.29, 0.717) is 11.2 Å². The van der Waals surface area contributed by atoms with Crippen LogP contribution in [0.3, 0.4) is 0 Å². The van der Waals surface area contributed by atoms with E-state index in [0.717, 1.165) is 16.8 Å². The summed E-state index contributed by atoms with van der Waals surface area (Å²) in [6.07, 6.45) is 1.44. The van der Waals surface area contributed by atoms with Crippen molar-refractivity contribution >= 4 is 16.9 Å². The maximum atomic E-state index is 12.4. The molecule has 0 radical (unpaired) electrons. The van der Waals surface area contributed by atoms with Gasteiger partial charge in [0.2, 0.25) is 0 Å². The molecule has 0 aliphatic heterocycles. The van der Waals surface area contributed by atoms with Gasteiger partial charge in [0.05, 0.1) is 36.6 Å². The second kappa shape index (κ2) is 8.52. The minimum Gasteiger partial charge on any atom is -0.497 e. The van der Waals surface area contributed by atoms with Crippen molar-refractivity contribution in [2.75, 3.05) is 13.7 Å². The number of para-hydroxylation sites is 2. The SMILES string of the molecule is COc1ccc(-c2ccc(=O)n(CCNC(=O)c3cnc4ccccc4n3)n2)cc1. The summed E-state index contributed by atoms with van der Waals surface area (Å²) >= 11 is 0. The highest BCUT2D eigenvalue weighted by atomic mass is 16.5. The number of rotatable bonds is 6. The van der Waals surface area contributed by atoms with Crippen molar-refractivity contribution in [3.63, 3.8) is 0 Å². The average Bonchev–Trinajstić information content (AvgIpc) is 2.80. The van der Waals surface area contributed by atoms with Crippen molar-refractivity contribution < 1.29 is 9.53 Å². The van der Waals surface area contributed by atoms with E-state index in [1.54, 1.807) is 19.2 Å². The molecule has 150 valence electrons. The predicted octanol–water partition coefficient (Wildman–Crippen LogP) is 2.29. The standard InChI is InChI=1S/C22H19N5O3/c1-30-16-8-6-15(7-9-16)17-10-11-21(28)27(26-17)13-12-23-22(29)20-14-24-18-4-2-3-5-19(18)25-20/h2-11,14H,12-13H2,1H3,(H,23,29). The number of amides is 1. The van der Waals surface area contributed by atoms with Crippen molar-refractivity contribution in [2.45, 2.75) is 6.54 Å². The van der Waals surface area contributed by atoms with Gasteiger partial charge in [-0.05, 0) is 42.5 Å². The monoisotopic (exact) mass is 401 g/mol. The zero-order chi connectivity index (χ0) is 20.9. The molecule has 0 atom stereocenters. The van der Waals surface area contributed by atoms with Gasteiger partial charge in [0.15, 0.2) is 0 Å². The molecule has 8 heteroatoms. The third kappa shape index (κ3) is 4.17. The Kier molecular flexibility index (Phi) is 5.47. The first-order valence-electron chi connectivity index (χ1n) is 9.36. The number of carbonyl (C=O) groups excluding carboxylic acids is 1. The zero-order valence-corrected chi connectivity index (χ0v) is 16.3. The fourth-order valence-electron chi connectivity index (χ4n) is 2.96. The summed E-state index contributed by atoms with van der Waals surface area (Å²) in [5.41, 5.74) is 2.87. The van der Waals surface area contributed by atoms with Gasteiger partial charge in [-0.1, -0.05) is 12.1 Å². The van der Waals surface area contributed by atoms with E-state index < -0.39 is 0 Å². The molecule has 2 aromatic carbocycles. The summed E-state index contributed by atoms with van der Waals surface area (Å²) in [4.78, 5) is 33.1. The third-order valence-electron chi connectivity index (χ3n) is 4.54. The topological polar surface area (TPSA) is 99.0 Å². The van der Waals surface area contributed by atoms with Gasteiger partial charge in [0.25, 0.3) is 11.5 Å². The Morgan fingerprint density at radius 3 is 2.57 bits per heavy atom. The van der Waals surface area contributed by atoms with Crippen LogP contribution < -0.4 is 15.6 Å². The molecule has 0 fully saturated rings. The van der Waals surface area contributed by atoms with Gasteiger partial charge < -0.3 is 10.1 Å². The first-order chi connectivity index (χ1) is 14.6. The molecule has 0 saturated carbocycles. The van der Waals surface area contributed by atoms with Crippen molar-refractivity contribution in [2.24, 2.45) is 0 Å². The predicted molar refractivity (Wildman–Crippen MR) is 112 cm³/mol. The zero-order valence-electron chi connectivity index (χ0n) is 16.3.